The quantitative estimate of drug-likeness (QED) is 0.545. The Bertz CT molecular complexity index is 369. The SMILES string of the molecule is [Cl-].[NH3+]c1ccc(Cc2nn[nH]n2)cc1. The van der Waals surface area contributed by atoms with Crippen molar-refractivity contribution in [2.45, 2.75) is 6.42 Å². The number of hydrogen-bond donors (Lipinski definition) is 2. The van der Waals surface area contributed by atoms with E-state index in [-0.39, 0.29) is 12.4 Å². The minimum atomic E-state index is 0. The van der Waals surface area contributed by atoms with Crippen molar-refractivity contribution in [2.24, 2.45) is 0 Å². The van der Waals surface area contributed by atoms with Crippen LogP contribution in [0.1, 0.15) is 11.4 Å². The Morgan fingerprint density at radius 1 is 1.21 bits per heavy atom. The molecule has 2 aromatic rings. The van der Waals surface area contributed by atoms with E-state index in [1.807, 2.05) is 24.3 Å². The predicted octanol–water partition coefficient (Wildman–Crippen LogP) is -3.33. The molecule has 0 aliphatic heterocycles. The normalized spacial score (nSPS) is 9.50. The lowest BCUT2D eigenvalue weighted by Crippen LogP contribution is -3.00. The van der Waals surface area contributed by atoms with Gasteiger partial charge in [0.1, 0.15) is 5.69 Å². The number of aromatic nitrogens is 4. The molecule has 2 rings (SSSR count). The van der Waals surface area contributed by atoms with Crippen molar-refractivity contribution in [1.82, 2.24) is 20.6 Å². The Balaban J connectivity index is 0.000000980. The number of halogens is 1. The first-order valence-electron chi connectivity index (χ1n) is 3.98. The standard InChI is InChI=1S/C8H9N5.ClH/c9-7-3-1-6(2-4-7)5-8-10-12-13-11-8;/h1-4H,5,9H2,(H,10,11,12,13);1H. The molecule has 14 heavy (non-hydrogen) atoms. The van der Waals surface area contributed by atoms with Gasteiger partial charge in [0, 0.05) is 6.42 Å². The van der Waals surface area contributed by atoms with E-state index in [0.717, 1.165) is 11.3 Å². The molecule has 1 aromatic heterocycles. The second-order valence-corrected chi connectivity index (χ2v) is 2.82. The number of aromatic amines is 1. The summed E-state index contributed by atoms with van der Waals surface area (Å²) in [5.74, 6) is 0.705. The summed E-state index contributed by atoms with van der Waals surface area (Å²) in [6.45, 7) is 0. The molecule has 6 heteroatoms. The Hall–Kier alpha value is -1.46. The number of quaternary nitrogens is 1. The number of H-pyrrole nitrogens is 1. The number of benzene rings is 1. The maximum absolute atomic E-state index is 3.87. The molecule has 4 N–H and O–H groups in total. The van der Waals surface area contributed by atoms with Crippen LogP contribution in [0, 0.1) is 0 Å². The van der Waals surface area contributed by atoms with Crippen LogP contribution in [-0.4, -0.2) is 20.6 Å². The van der Waals surface area contributed by atoms with Gasteiger partial charge in [-0.2, -0.15) is 5.21 Å². The molecule has 0 atom stereocenters. The van der Waals surface area contributed by atoms with Crippen molar-refractivity contribution in [1.29, 1.82) is 0 Å². The Morgan fingerprint density at radius 2 is 1.93 bits per heavy atom. The largest absolute Gasteiger partial charge is 1.00 e. The van der Waals surface area contributed by atoms with Crippen molar-refractivity contribution >= 4 is 5.69 Å². The molecule has 5 nitrogen and oxygen atoms in total. The van der Waals surface area contributed by atoms with Gasteiger partial charge in [-0.1, -0.05) is 17.3 Å². The lowest BCUT2D eigenvalue weighted by molar-refractivity contribution is -0.254. The van der Waals surface area contributed by atoms with Gasteiger partial charge in [-0.15, -0.1) is 10.2 Å². The Kier molecular flexibility index (Phi) is 3.55. The maximum Gasteiger partial charge on any atom is 0.178 e. The highest BCUT2D eigenvalue weighted by Crippen LogP contribution is 2.06. The molecule has 1 aromatic carbocycles. The van der Waals surface area contributed by atoms with Crippen molar-refractivity contribution < 1.29 is 18.1 Å². The monoisotopic (exact) mass is 211 g/mol. The van der Waals surface area contributed by atoms with Crippen LogP contribution in [0.25, 0.3) is 0 Å². The third-order valence-corrected chi connectivity index (χ3v) is 1.77. The van der Waals surface area contributed by atoms with Crippen LogP contribution in [-0.2, 0) is 6.42 Å². The molecular weight excluding hydrogens is 202 g/mol. The van der Waals surface area contributed by atoms with Crippen LogP contribution >= 0.6 is 0 Å². The van der Waals surface area contributed by atoms with Crippen molar-refractivity contribution in [2.75, 3.05) is 0 Å². The van der Waals surface area contributed by atoms with E-state index in [9.17, 15) is 0 Å². The van der Waals surface area contributed by atoms with Gasteiger partial charge in [0.25, 0.3) is 0 Å². The highest BCUT2D eigenvalue weighted by atomic mass is 35.5. The number of tetrazole rings is 1. The van der Waals surface area contributed by atoms with E-state index in [0.29, 0.717) is 12.2 Å². The topological polar surface area (TPSA) is 82.1 Å². The maximum atomic E-state index is 3.87. The van der Waals surface area contributed by atoms with E-state index < -0.39 is 0 Å². The second-order valence-electron chi connectivity index (χ2n) is 2.82. The van der Waals surface area contributed by atoms with Gasteiger partial charge in [-0.05, 0) is 17.7 Å². The van der Waals surface area contributed by atoms with E-state index in [1.165, 1.54) is 0 Å². The molecule has 1 heterocycles. The van der Waals surface area contributed by atoms with Gasteiger partial charge in [-0.3, -0.25) is 0 Å². The van der Waals surface area contributed by atoms with Gasteiger partial charge < -0.3 is 18.1 Å². The highest BCUT2D eigenvalue weighted by molar-refractivity contribution is 5.32. The molecule has 0 radical (unpaired) electrons. The molecule has 0 fully saturated rings. The summed E-state index contributed by atoms with van der Waals surface area (Å²) in [5.41, 5.74) is 5.98. The fourth-order valence-electron chi connectivity index (χ4n) is 1.10. The summed E-state index contributed by atoms with van der Waals surface area (Å²) in [5, 5.41) is 13.6. The summed E-state index contributed by atoms with van der Waals surface area (Å²) < 4.78 is 0. The van der Waals surface area contributed by atoms with Crippen molar-refractivity contribution in [3.05, 3.63) is 35.7 Å². The van der Waals surface area contributed by atoms with E-state index in [4.69, 9.17) is 0 Å². The van der Waals surface area contributed by atoms with E-state index in [2.05, 4.69) is 26.4 Å². The summed E-state index contributed by atoms with van der Waals surface area (Å²) in [6, 6.07) is 7.96. The molecule has 0 aliphatic rings. The molecule has 0 amide bonds. The lowest BCUT2D eigenvalue weighted by Gasteiger charge is -1.94. The minimum absolute atomic E-state index is 0. The predicted molar refractivity (Wildman–Crippen MR) is 46.0 cm³/mol. The van der Waals surface area contributed by atoms with Gasteiger partial charge in [0.2, 0.25) is 0 Å². The van der Waals surface area contributed by atoms with Crippen LogP contribution in [0.5, 0.6) is 0 Å². The number of nitrogens with zero attached hydrogens (tertiary/aromatic N) is 3. The first-order valence-corrected chi connectivity index (χ1v) is 3.98. The summed E-state index contributed by atoms with van der Waals surface area (Å²) in [7, 11) is 0. The molecule has 0 bridgehead atoms. The van der Waals surface area contributed by atoms with Gasteiger partial charge >= 0.3 is 0 Å². The molecule has 0 saturated carbocycles. The fourth-order valence-corrected chi connectivity index (χ4v) is 1.10. The fraction of sp³-hybridized carbons (Fsp3) is 0.125. The zero-order valence-electron chi connectivity index (χ0n) is 7.44. The summed E-state index contributed by atoms with van der Waals surface area (Å²) in [6.07, 6.45) is 0.705. The lowest BCUT2D eigenvalue weighted by atomic mass is 10.1. The Morgan fingerprint density at radius 3 is 2.50 bits per heavy atom. The number of rotatable bonds is 2. The molecule has 0 aliphatic carbocycles. The van der Waals surface area contributed by atoms with Gasteiger partial charge in [0.15, 0.2) is 5.82 Å². The van der Waals surface area contributed by atoms with Crippen LogP contribution in [0.15, 0.2) is 24.3 Å². The average Bonchev–Trinajstić information content (AvgIpc) is 2.62. The Labute approximate surface area is 87.1 Å². The number of hydrogen-bond acceptors (Lipinski definition) is 3. The zero-order chi connectivity index (χ0) is 9.10. The first kappa shape index (κ1) is 10.6. The third kappa shape index (κ3) is 2.51. The highest BCUT2D eigenvalue weighted by Gasteiger charge is 2.00. The minimum Gasteiger partial charge on any atom is -1.00 e. The molecule has 0 unspecified atom stereocenters. The van der Waals surface area contributed by atoms with Crippen molar-refractivity contribution in [3.8, 4) is 0 Å². The first-order chi connectivity index (χ1) is 6.34. The second kappa shape index (κ2) is 4.69. The smallest absolute Gasteiger partial charge is 0.178 e. The third-order valence-electron chi connectivity index (χ3n) is 1.77. The van der Waals surface area contributed by atoms with Crippen LogP contribution < -0.4 is 18.1 Å². The van der Waals surface area contributed by atoms with Crippen LogP contribution in [0.4, 0.5) is 5.69 Å². The molecule has 74 valence electrons. The number of nitrogens with one attached hydrogen (secondary N) is 1. The van der Waals surface area contributed by atoms with Crippen LogP contribution in [0.3, 0.4) is 0 Å². The van der Waals surface area contributed by atoms with Crippen molar-refractivity contribution in [3.63, 3.8) is 0 Å². The van der Waals surface area contributed by atoms with E-state index >= 15 is 0 Å². The zero-order valence-corrected chi connectivity index (χ0v) is 8.20. The molecular formula is C8H10ClN5. The van der Waals surface area contributed by atoms with E-state index in [1.54, 1.807) is 0 Å². The summed E-state index contributed by atoms with van der Waals surface area (Å²) in [4.78, 5) is 0. The average molecular weight is 212 g/mol. The molecule has 0 saturated heterocycles. The van der Waals surface area contributed by atoms with Gasteiger partial charge in [-0.25, -0.2) is 0 Å². The summed E-state index contributed by atoms with van der Waals surface area (Å²) >= 11 is 0. The van der Waals surface area contributed by atoms with Crippen LogP contribution in [0.2, 0.25) is 0 Å². The van der Waals surface area contributed by atoms with Gasteiger partial charge in [0.05, 0.1) is 0 Å². The molecule has 0 spiro atoms.